The minimum absolute atomic E-state index is 0.101. The Bertz CT molecular complexity index is 303. The lowest BCUT2D eigenvalue weighted by Gasteiger charge is -2.16. The van der Waals surface area contributed by atoms with E-state index in [0.29, 0.717) is 12.6 Å². The maximum atomic E-state index is 5.66. The lowest BCUT2D eigenvalue weighted by molar-refractivity contribution is 0.196. The first-order chi connectivity index (χ1) is 7.13. The molecule has 15 heavy (non-hydrogen) atoms. The Balaban J connectivity index is 2.60. The van der Waals surface area contributed by atoms with Crippen molar-refractivity contribution in [2.24, 2.45) is 0 Å². The van der Waals surface area contributed by atoms with Gasteiger partial charge in [0.05, 0.1) is 0 Å². The molecule has 0 amide bonds. The molecule has 1 aromatic rings. The number of ether oxygens (including phenoxy) is 1. The summed E-state index contributed by atoms with van der Waals surface area (Å²) in [6.45, 7) is 1.46. The van der Waals surface area contributed by atoms with E-state index in [0.717, 1.165) is 13.0 Å². The van der Waals surface area contributed by atoms with Crippen molar-refractivity contribution in [1.82, 2.24) is 15.0 Å². The molecular weight excluding hydrogens is 239 g/mol. The summed E-state index contributed by atoms with van der Waals surface area (Å²) in [6, 6.07) is 0. The van der Waals surface area contributed by atoms with E-state index in [4.69, 9.17) is 27.9 Å². The van der Waals surface area contributed by atoms with E-state index in [1.54, 1.807) is 7.11 Å². The van der Waals surface area contributed by atoms with Gasteiger partial charge in [-0.25, -0.2) is 0 Å². The summed E-state index contributed by atoms with van der Waals surface area (Å²) in [7, 11) is 3.52. The number of halogens is 2. The van der Waals surface area contributed by atoms with Crippen molar-refractivity contribution in [2.75, 3.05) is 32.2 Å². The van der Waals surface area contributed by atoms with Crippen LogP contribution in [0.3, 0.4) is 0 Å². The van der Waals surface area contributed by atoms with E-state index in [-0.39, 0.29) is 10.6 Å². The molecule has 0 aliphatic rings. The molecule has 0 aliphatic heterocycles. The van der Waals surface area contributed by atoms with Crippen LogP contribution in [0, 0.1) is 0 Å². The lowest BCUT2D eigenvalue weighted by atomic mass is 10.4. The fourth-order valence-electron chi connectivity index (χ4n) is 1.03. The molecule has 0 unspecified atom stereocenters. The summed E-state index contributed by atoms with van der Waals surface area (Å²) in [5.41, 5.74) is 0. The minimum Gasteiger partial charge on any atom is -0.385 e. The molecular formula is C8H12Cl2N4O. The molecule has 7 heteroatoms. The van der Waals surface area contributed by atoms with Gasteiger partial charge < -0.3 is 9.64 Å². The SMILES string of the molecule is COCCCN(C)c1nc(Cl)nc(Cl)n1. The highest BCUT2D eigenvalue weighted by Crippen LogP contribution is 2.12. The molecule has 0 N–H and O–H groups in total. The van der Waals surface area contributed by atoms with Crippen LogP contribution in [0.2, 0.25) is 10.6 Å². The zero-order chi connectivity index (χ0) is 11.3. The van der Waals surface area contributed by atoms with Crippen molar-refractivity contribution < 1.29 is 4.74 Å². The van der Waals surface area contributed by atoms with E-state index < -0.39 is 0 Å². The molecule has 0 saturated carbocycles. The van der Waals surface area contributed by atoms with Crippen molar-refractivity contribution >= 4 is 29.2 Å². The third-order valence-electron chi connectivity index (χ3n) is 1.75. The summed E-state index contributed by atoms with van der Waals surface area (Å²) >= 11 is 11.3. The van der Waals surface area contributed by atoms with E-state index in [9.17, 15) is 0 Å². The number of rotatable bonds is 5. The Kier molecular flexibility index (Phi) is 5.01. The second kappa shape index (κ2) is 6.05. The van der Waals surface area contributed by atoms with Crippen LogP contribution in [-0.4, -0.2) is 42.3 Å². The number of methoxy groups -OCH3 is 1. The second-order valence-electron chi connectivity index (χ2n) is 2.94. The van der Waals surface area contributed by atoms with Crippen molar-refractivity contribution in [3.63, 3.8) is 0 Å². The molecule has 0 spiro atoms. The van der Waals surface area contributed by atoms with E-state index in [2.05, 4.69) is 15.0 Å². The van der Waals surface area contributed by atoms with Crippen LogP contribution in [0.15, 0.2) is 0 Å². The first-order valence-electron chi connectivity index (χ1n) is 4.40. The Morgan fingerprint density at radius 1 is 1.20 bits per heavy atom. The van der Waals surface area contributed by atoms with Gasteiger partial charge in [0.15, 0.2) is 0 Å². The van der Waals surface area contributed by atoms with Gasteiger partial charge in [0.2, 0.25) is 16.5 Å². The molecule has 0 aromatic carbocycles. The molecule has 0 aliphatic carbocycles. The highest BCUT2D eigenvalue weighted by atomic mass is 35.5. The summed E-state index contributed by atoms with van der Waals surface area (Å²) in [5, 5.41) is 0.201. The molecule has 0 fully saturated rings. The van der Waals surface area contributed by atoms with Crippen molar-refractivity contribution in [1.29, 1.82) is 0 Å². The number of anilines is 1. The summed E-state index contributed by atoms with van der Waals surface area (Å²) in [4.78, 5) is 13.4. The fraction of sp³-hybridized carbons (Fsp3) is 0.625. The third kappa shape index (κ3) is 4.15. The molecule has 0 radical (unpaired) electrons. The Hall–Kier alpha value is -0.650. The minimum atomic E-state index is 0.101. The highest BCUT2D eigenvalue weighted by molar-refractivity contribution is 6.31. The first kappa shape index (κ1) is 12.4. The highest BCUT2D eigenvalue weighted by Gasteiger charge is 2.07. The van der Waals surface area contributed by atoms with E-state index in [1.165, 1.54) is 0 Å². The monoisotopic (exact) mass is 250 g/mol. The molecule has 1 aromatic heterocycles. The lowest BCUT2D eigenvalue weighted by Crippen LogP contribution is -2.22. The Labute approximate surface area is 98.4 Å². The molecule has 0 saturated heterocycles. The van der Waals surface area contributed by atoms with Crippen LogP contribution in [-0.2, 0) is 4.74 Å². The summed E-state index contributed by atoms with van der Waals surface area (Å²) < 4.78 is 4.94. The maximum absolute atomic E-state index is 5.66. The average molecular weight is 251 g/mol. The zero-order valence-electron chi connectivity index (χ0n) is 8.57. The number of hydrogen-bond acceptors (Lipinski definition) is 5. The molecule has 0 bridgehead atoms. The van der Waals surface area contributed by atoms with E-state index >= 15 is 0 Å². The number of nitrogens with zero attached hydrogens (tertiary/aromatic N) is 4. The van der Waals surface area contributed by atoms with Gasteiger partial charge in [0.25, 0.3) is 0 Å². The van der Waals surface area contributed by atoms with Gasteiger partial charge in [-0.3, -0.25) is 0 Å². The molecule has 1 rings (SSSR count). The van der Waals surface area contributed by atoms with Crippen LogP contribution in [0.4, 0.5) is 5.95 Å². The Morgan fingerprint density at radius 2 is 1.80 bits per heavy atom. The summed E-state index contributed by atoms with van der Waals surface area (Å²) in [6.07, 6.45) is 0.883. The second-order valence-corrected chi connectivity index (χ2v) is 3.62. The fourth-order valence-corrected chi connectivity index (χ4v) is 1.39. The van der Waals surface area contributed by atoms with Crippen molar-refractivity contribution in [3.8, 4) is 0 Å². The Morgan fingerprint density at radius 3 is 2.33 bits per heavy atom. The molecule has 5 nitrogen and oxygen atoms in total. The largest absolute Gasteiger partial charge is 0.385 e. The van der Waals surface area contributed by atoms with Gasteiger partial charge in [-0.05, 0) is 29.6 Å². The topological polar surface area (TPSA) is 51.1 Å². The van der Waals surface area contributed by atoms with Gasteiger partial charge in [0.1, 0.15) is 0 Å². The van der Waals surface area contributed by atoms with Gasteiger partial charge in [-0.1, -0.05) is 0 Å². The predicted octanol–water partition coefficient (Wildman–Crippen LogP) is 1.65. The van der Waals surface area contributed by atoms with Gasteiger partial charge >= 0.3 is 0 Å². The summed E-state index contributed by atoms with van der Waals surface area (Å²) in [5.74, 6) is 0.469. The van der Waals surface area contributed by atoms with Gasteiger partial charge in [-0.2, -0.15) is 15.0 Å². The smallest absolute Gasteiger partial charge is 0.230 e. The molecule has 1 heterocycles. The predicted molar refractivity (Wildman–Crippen MR) is 59.6 cm³/mol. The van der Waals surface area contributed by atoms with Crippen LogP contribution < -0.4 is 4.90 Å². The normalized spacial score (nSPS) is 10.4. The van der Waals surface area contributed by atoms with Crippen LogP contribution >= 0.6 is 23.2 Å². The average Bonchev–Trinajstić information content (AvgIpc) is 2.16. The molecule has 84 valence electrons. The van der Waals surface area contributed by atoms with Crippen molar-refractivity contribution in [3.05, 3.63) is 10.6 Å². The van der Waals surface area contributed by atoms with Crippen LogP contribution in [0.1, 0.15) is 6.42 Å². The van der Waals surface area contributed by atoms with Crippen LogP contribution in [0.25, 0.3) is 0 Å². The van der Waals surface area contributed by atoms with Gasteiger partial charge in [-0.15, -0.1) is 0 Å². The standard InChI is InChI=1S/C8H12Cl2N4O/c1-14(4-3-5-15-2)8-12-6(9)11-7(10)13-8/h3-5H2,1-2H3. The van der Waals surface area contributed by atoms with Crippen LogP contribution in [0.5, 0.6) is 0 Å². The van der Waals surface area contributed by atoms with Crippen molar-refractivity contribution in [2.45, 2.75) is 6.42 Å². The van der Waals surface area contributed by atoms with E-state index in [1.807, 2.05) is 11.9 Å². The van der Waals surface area contributed by atoms with Gasteiger partial charge in [0, 0.05) is 27.3 Å². The quantitative estimate of drug-likeness (QED) is 0.745. The third-order valence-corrected chi connectivity index (χ3v) is 2.09. The zero-order valence-corrected chi connectivity index (χ0v) is 10.1. The maximum Gasteiger partial charge on any atom is 0.230 e. The first-order valence-corrected chi connectivity index (χ1v) is 5.16. The molecule has 0 atom stereocenters. The number of aromatic nitrogens is 3. The number of hydrogen-bond donors (Lipinski definition) is 0.